The SMILES string of the molecule is Clc1nc(C2CCCCCCC2)nc2c1COCC2. The number of rotatable bonds is 1. The quantitative estimate of drug-likeness (QED) is 0.729. The third kappa shape index (κ3) is 3.09. The molecule has 0 spiro atoms. The Morgan fingerprint density at radius 3 is 2.53 bits per heavy atom. The molecule has 2 heterocycles. The summed E-state index contributed by atoms with van der Waals surface area (Å²) in [6, 6.07) is 0. The molecule has 0 atom stereocenters. The number of nitrogens with zero attached hydrogens (tertiary/aromatic N) is 2. The van der Waals surface area contributed by atoms with E-state index in [1.807, 2.05) is 0 Å². The maximum atomic E-state index is 6.31. The van der Waals surface area contributed by atoms with Crippen LogP contribution in [-0.2, 0) is 17.8 Å². The van der Waals surface area contributed by atoms with Gasteiger partial charge in [0.2, 0.25) is 0 Å². The highest BCUT2D eigenvalue weighted by Gasteiger charge is 2.22. The Kier molecular flexibility index (Phi) is 4.34. The normalized spacial score (nSPS) is 21.5. The number of ether oxygens (including phenoxy) is 1. The summed E-state index contributed by atoms with van der Waals surface area (Å²) in [5.74, 6) is 1.48. The Morgan fingerprint density at radius 2 is 1.74 bits per heavy atom. The lowest BCUT2D eigenvalue weighted by atomic mass is 9.90. The van der Waals surface area contributed by atoms with Crippen LogP contribution in [0.4, 0.5) is 0 Å². The van der Waals surface area contributed by atoms with Crippen molar-refractivity contribution in [2.75, 3.05) is 6.61 Å². The summed E-state index contributed by atoms with van der Waals surface area (Å²) >= 11 is 6.31. The molecule has 2 aliphatic rings. The molecule has 0 unspecified atom stereocenters. The van der Waals surface area contributed by atoms with E-state index in [0.29, 0.717) is 17.7 Å². The molecule has 104 valence electrons. The summed E-state index contributed by atoms with van der Waals surface area (Å²) in [5.41, 5.74) is 2.12. The van der Waals surface area contributed by atoms with E-state index in [2.05, 4.69) is 4.98 Å². The lowest BCUT2D eigenvalue weighted by Gasteiger charge is -2.22. The van der Waals surface area contributed by atoms with Gasteiger partial charge in [-0.3, -0.25) is 0 Å². The molecule has 0 aromatic carbocycles. The molecule has 1 aliphatic carbocycles. The number of hydrogen-bond donors (Lipinski definition) is 0. The first-order valence-electron chi connectivity index (χ1n) is 7.47. The molecule has 1 aromatic rings. The van der Waals surface area contributed by atoms with Crippen molar-refractivity contribution in [2.45, 2.75) is 63.9 Å². The second kappa shape index (κ2) is 6.19. The first kappa shape index (κ1) is 13.3. The van der Waals surface area contributed by atoms with Crippen LogP contribution in [0.1, 0.15) is 67.9 Å². The van der Waals surface area contributed by atoms with E-state index in [-0.39, 0.29) is 0 Å². The Morgan fingerprint density at radius 1 is 1.00 bits per heavy atom. The van der Waals surface area contributed by atoms with Gasteiger partial charge in [0, 0.05) is 17.9 Å². The van der Waals surface area contributed by atoms with Crippen LogP contribution in [0, 0.1) is 0 Å². The number of halogens is 1. The zero-order valence-corrected chi connectivity index (χ0v) is 12.1. The zero-order chi connectivity index (χ0) is 13.1. The molecule has 1 fully saturated rings. The third-order valence-electron chi connectivity index (χ3n) is 4.26. The molecular formula is C15H21ClN2O. The Balaban J connectivity index is 1.84. The smallest absolute Gasteiger partial charge is 0.138 e. The van der Waals surface area contributed by atoms with Gasteiger partial charge in [0.15, 0.2) is 0 Å². The molecule has 0 amide bonds. The number of aromatic nitrogens is 2. The highest BCUT2D eigenvalue weighted by atomic mass is 35.5. The van der Waals surface area contributed by atoms with E-state index < -0.39 is 0 Å². The van der Waals surface area contributed by atoms with Crippen molar-refractivity contribution in [3.63, 3.8) is 0 Å². The average molecular weight is 281 g/mol. The predicted octanol–water partition coefficient (Wildman–Crippen LogP) is 4.03. The van der Waals surface area contributed by atoms with E-state index in [1.54, 1.807) is 0 Å². The molecule has 3 nitrogen and oxygen atoms in total. The van der Waals surface area contributed by atoms with Crippen LogP contribution < -0.4 is 0 Å². The fraction of sp³-hybridized carbons (Fsp3) is 0.733. The van der Waals surface area contributed by atoms with Gasteiger partial charge in [-0.2, -0.15) is 0 Å². The van der Waals surface area contributed by atoms with Crippen molar-refractivity contribution in [3.8, 4) is 0 Å². The maximum absolute atomic E-state index is 6.31. The van der Waals surface area contributed by atoms with Gasteiger partial charge in [-0.15, -0.1) is 0 Å². The largest absolute Gasteiger partial charge is 0.376 e. The van der Waals surface area contributed by atoms with E-state index in [4.69, 9.17) is 21.3 Å². The summed E-state index contributed by atoms with van der Waals surface area (Å²) < 4.78 is 5.43. The van der Waals surface area contributed by atoms with Crippen molar-refractivity contribution >= 4 is 11.6 Å². The van der Waals surface area contributed by atoms with Gasteiger partial charge in [0.1, 0.15) is 11.0 Å². The van der Waals surface area contributed by atoms with E-state index in [0.717, 1.165) is 30.1 Å². The second-order valence-corrected chi connectivity index (χ2v) is 6.00. The van der Waals surface area contributed by atoms with Crippen LogP contribution in [0.2, 0.25) is 5.15 Å². The lowest BCUT2D eigenvalue weighted by Crippen LogP contribution is -2.17. The molecule has 1 saturated carbocycles. The van der Waals surface area contributed by atoms with Crippen LogP contribution in [0.15, 0.2) is 0 Å². The standard InChI is InChI=1S/C15H21ClN2O/c16-14-12-10-19-9-8-13(12)17-15(18-14)11-6-4-2-1-3-5-7-11/h11H,1-10H2. The van der Waals surface area contributed by atoms with E-state index in [1.165, 1.54) is 44.9 Å². The fourth-order valence-electron chi connectivity index (χ4n) is 3.11. The highest BCUT2D eigenvalue weighted by Crippen LogP contribution is 2.31. The highest BCUT2D eigenvalue weighted by molar-refractivity contribution is 6.30. The Hall–Kier alpha value is -0.670. The van der Waals surface area contributed by atoms with E-state index >= 15 is 0 Å². The molecule has 1 aliphatic heterocycles. The Labute approximate surface area is 119 Å². The van der Waals surface area contributed by atoms with Crippen molar-refractivity contribution in [1.82, 2.24) is 9.97 Å². The second-order valence-electron chi connectivity index (χ2n) is 5.64. The molecule has 0 N–H and O–H groups in total. The first-order valence-corrected chi connectivity index (χ1v) is 7.85. The number of hydrogen-bond acceptors (Lipinski definition) is 3. The van der Waals surface area contributed by atoms with E-state index in [9.17, 15) is 0 Å². The summed E-state index contributed by atoms with van der Waals surface area (Å²) in [4.78, 5) is 9.35. The first-order chi connectivity index (χ1) is 9.34. The minimum absolute atomic E-state index is 0.506. The van der Waals surface area contributed by atoms with Crippen LogP contribution in [0.3, 0.4) is 0 Å². The van der Waals surface area contributed by atoms with Crippen LogP contribution in [0.5, 0.6) is 0 Å². The molecule has 0 radical (unpaired) electrons. The van der Waals surface area contributed by atoms with Crippen molar-refractivity contribution in [3.05, 3.63) is 22.2 Å². The van der Waals surface area contributed by atoms with Crippen LogP contribution in [-0.4, -0.2) is 16.6 Å². The van der Waals surface area contributed by atoms with Crippen molar-refractivity contribution < 1.29 is 4.74 Å². The van der Waals surface area contributed by atoms with Crippen molar-refractivity contribution in [2.24, 2.45) is 0 Å². The molecular weight excluding hydrogens is 260 g/mol. The van der Waals surface area contributed by atoms with Gasteiger partial charge in [-0.1, -0.05) is 43.7 Å². The van der Waals surface area contributed by atoms with Gasteiger partial charge in [0.05, 0.1) is 18.9 Å². The third-order valence-corrected chi connectivity index (χ3v) is 4.57. The maximum Gasteiger partial charge on any atom is 0.138 e. The predicted molar refractivity (Wildman–Crippen MR) is 75.5 cm³/mol. The summed E-state index contributed by atoms with van der Waals surface area (Å²) in [7, 11) is 0. The molecule has 0 bridgehead atoms. The van der Waals surface area contributed by atoms with Gasteiger partial charge >= 0.3 is 0 Å². The summed E-state index contributed by atoms with van der Waals surface area (Å²) in [6.45, 7) is 1.32. The van der Waals surface area contributed by atoms with Gasteiger partial charge in [-0.05, 0) is 12.8 Å². The monoisotopic (exact) mass is 280 g/mol. The summed E-state index contributed by atoms with van der Waals surface area (Å²) in [5, 5.41) is 0.613. The lowest BCUT2D eigenvalue weighted by molar-refractivity contribution is 0.108. The Bertz CT molecular complexity index is 442. The molecule has 1 aromatic heterocycles. The van der Waals surface area contributed by atoms with Gasteiger partial charge in [-0.25, -0.2) is 9.97 Å². The summed E-state index contributed by atoms with van der Waals surface area (Å²) in [6.07, 6.45) is 9.98. The topological polar surface area (TPSA) is 35.0 Å². The average Bonchev–Trinajstić information content (AvgIpc) is 2.38. The fourth-order valence-corrected chi connectivity index (χ4v) is 3.36. The zero-order valence-electron chi connectivity index (χ0n) is 11.3. The molecule has 19 heavy (non-hydrogen) atoms. The number of fused-ring (bicyclic) bond motifs is 1. The van der Waals surface area contributed by atoms with Crippen LogP contribution in [0.25, 0.3) is 0 Å². The van der Waals surface area contributed by atoms with Crippen LogP contribution >= 0.6 is 11.6 Å². The molecule has 4 heteroatoms. The molecule has 0 saturated heterocycles. The minimum atomic E-state index is 0.506. The molecule has 3 rings (SSSR count). The van der Waals surface area contributed by atoms with Gasteiger partial charge < -0.3 is 4.74 Å². The van der Waals surface area contributed by atoms with Crippen molar-refractivity contribution in [1.29, 1.82) is 0 Å². The van der Waals surface area contributed by atoms with Gasteiger partial charge in [0.25, 0.3) is 0 Å². The minimum Gasteiger partial charge on any atom is -0.376 e.